The SMILES string of the molecule is CN(C)c1nccnc1OC1CCCN(C(=O)COc2cccc(C(F)(F)F)c2)C1. The van der Waals surface area contributed by atoms with Gasteiger partial charge in [0, 0.05) is 33.0 Å². The Morgan fingerprint density at radius 2 is 2.03 bits per heavy atom. The predicted octanol–water partition coefficient (Wildman–Crippen LogP) is 3.01. The minimum atomic E-state index is -4.47. The Morgan fingerprint density at radius 1 is 1.27 bits per heavy atom. The van der Waals surface area contributed by atoms with Crippen molar-refractivity contribution in [2.45, 2.75) is 25.1 Å². The van der Waals surface area contributed by atoms with Crippen LogP contribution in [0, 0.1) is 0 Å². The molecule has 162 valence electrons. The topological polar surface area (TPSA) is 67.8 Å². The van der Waals surface area contributed by atoms with Gasteiger partial charge in [0.05, 0.1) is 12.1 Å². The number of anilines is 1. The van der Waals surface area contributed by atoms with Crippen LogP contribution in [0.15, 0.2) is 36.7 Å². The smallest absolute Gasteiger partial charge is 0.416 e. The third-order valence-corrected chi connectivity index (χ3v) is 4.60. The lowest BCUT2D eigenvalue weighted by Crippen LogP contribution is -2.46. The second kappa shape index (κ2) is 9.19. The molecule has 7 nitrogen and oxygen atoms in total. The molecular formula is C20H23F3N4O3. The number of amides is 1. The normalized spacial score (nSPS) is 16.8. The Balaban J connectivity index is 1.57. The number of nitrogens with zero attached hydrogens (tertiary/aromatic N) is 4. The largest absolute Gasteiger partial charge is 0.484 e. The number of alkyl halides is 3. The van der Waals surface area contributed by atoms with Gasteiger partial charge in [-0.2, -0.15) is 13.2 Å². The first-order chi connectivity index (χ1) is 14.2. The van der Waals surface area contributed by atoms with E-state index in [1.54, 1.807) is 16.0 Å². The number of halogens is 3. The first-order valence-corrected chi connectivity index (χ1v) is 9.47. The number of carbonyl (C=O) groups is 1. The van der Waals surface area contributed by atoms with Crippen LogP contribution in [0.1, 0.15) is 18.4 Å². The third kappa shape index (κ3) is 5.52. The number of ether oxygens (including phenoxy) is 2. The maximum Gasteiger partial charge on any atom is 0.416 e. The van der Waals surface area contributed by atoms with Crippen molar-refractivity contribution in [3.05, 3.63) is 42.2 Å². The van der Waals surface area contributed by atoms with E-state index in [4.69, 9.17) is 9.47 Å². The summed E-state index contributed by atoms with van der Waals surface area (Å²) in [6.45, 7) is 0.530. The molecule has 1 unspecified atom stereocenters. The number of piperidine rings is 1. The average Bonchev–Trinajstić information content (AvgIpc) is 2.72. The molecule has 0 aliphatic carbocycles. The molecule has 0 saturated carbocycles. The Morgan fingerprint density at radius 3 is 2.77 bits per heavy atom. The Kier molecular flexibility index (Phi) is 6.63. The highest BCUT2D eigenvalue weighted by Crippen LogP contribution is 2.31. The lowest BCUT2D eigenvalue weighted by atomic mass is 10.1. The molecule has 1 aliphatic heterocycles. The lowest BCUT2D eigenvalue weighted by Gasteiger charge is -2.33. The maximum atomic E-state index is 12.8. The van der Waals surface area contributed by atoms with Crippen molar-refractivity contribution in [2.24, 2.45) is 0 Å². The zero-order valence-corrected chi connectivity index (χ0v) is 16.7. The van der Waals surface area contributed by atoms with Crippen molar-refractivity contribution >= 4 is 11.7 Å². The molecule has 30 heavy (non-hydrogen) atoms. The molecule has 2 heterocycles. The molecule has 0 radical (unpaired) electrons. The van der Waals surface area contributed by atoms with Crippen molar-refractivity contribution in [2.75, 3.05) is 38.7 Å². The van der Waals surface area contributed by atoms with E-state index >= 15 is 0 Å². The van der Waals surface area contributed by atoms with E-state index in [1.807, 2.05) is 14.1 Å². The van der Waals surface area contributed by atoms with E-state index in [9.17, 15) is 18.0 Å². The summed E-state index contributed by atoms with van der Waals surface area (Å²) in [7, 11) is 3.66. The summed E-state index contributed by atoms with van der Waals surface area (Å²) >= 11 is 0. The molecular weight excluding hydrogens is 401 g/mol. The number of benzene rings is 1. The molecule has 1 saturated heterocycles. The van der Waals surface area contributed by atoms with Crippen LogP contribution in [0.5, 0.6) is 11.6 Å². The fraction of sp³-hybridized carbons (Fsp3) is 0.450. The molecule has 10 heteroatoms. The number of aromatic nitrogens is 2. The van der Waals surface area contributed by atoms with Crippen molar-refractivity contribution in [3.8, 4) is 11.6 Å². The maximum absolute atomic E-state index is 12.8. The summed E-state index contributed by atoms with van der Waals surface area (Å²) in [4.78, 5) is 24.4. The predicted molar refractivity (Wildman–Crippen MR) is 104 cm³/mol. The molecule has 0 spiro atoms. The van der Waals surface area contributed by atoms with E-state index in [2.05, 4.69) is 9.97 Å². The van der Waals surface area contributed by atoms with Gasteiger partial charge in [0.25, 0.3) is 11.8 Å². The second-order valence-corrected chi connectivity index (χ2v) is 7.12. The summed E-state index contributed by atoms with van der Waals surface area (Å²) < 4.78 is 49.7. The van der Waals surface area contributed by atoms with Gasteiger partial charge in [-0.1, -0.05) is 6.07 Å². The molecule has 2 aromatic rings. The van der Waals surface area contributed by atoms with Crippen LogP contribution in [0.4, 0.5) is 19.0 Å². The highest BCUT2D eigenvalue weighted by atomic mass is 19.4. The fourth-order valence-electron chi connectivity index (χ4n) is 3.13. The van der Waals surface area contributed by atoms with E-state index in [0.29, 0.717) is 24.8 Å². The van der Waals surface area contributed by atoms with Crippen LogP contribution in [0.3, 0.4) is 0 Å². The number of rotatable bonds is 6. The molecule has 1 aromatic carbocycles. The number of likely N-dealkylation sites (tertiary alicyclic amines) is 1. The highest BCUT2D eigenvalue weighted by Gasteiger charge is 2.31. The van der Waals surface area contributed by atoms with E-state index in [1.165, 1.54) is 18.3 Å². The molecule has 0 bridgehead atoms. The first-order valence-electron chi connectivity index (χ1n) is 9.47. The summed E-state index contributed by atoms with van der Waals surface area (Å²) in [5.41, 5.74) is -0.820. The molecule has 3 rings (SSSR count). The second-order valence-electron chi connectivity index (χ2n) is 7.12. The Labute approximate surface area is 172 Å². The van der Waals surface area contributed by atoms with Crippen LogP contribution in [-0.2, 0) is 11.0 Å². The van der Waals surface area contributed by atoms with Crippen LogP contribution >= 0.6 is 0 Å². The number of carbonyl (C=O) groups excluding carboxylic acids is 1. The summed E-state index contributed by atoms with van der Waals surface area (Å²) in [6, 6.07) is 4.47. The summed E-state index contributed by atoms with van der Waals surface area (Å²) in [5, 5.41) is 0. The van der Waals surface area contributed by atoms with E-state index in [-0.39, 0.29) is 24.4 Å². The van der Waals surface area contributed by atoms with Gasteiger partial charge >= 0.3 is 6.18 Å². The van der Waals surface area contributed by atoms with Crippen LogP contribution in [0.2, 0.25) is 0 Å². The monoisotopic (exact) mass is 424 g/mol. The van der Waals surface area contributed by atoms with Crippen LogP contribution < -0.4 is 14.4 Å². The molecule has 1 amide bonds. The molecule has 1 fully saturated rings. The van der Waals surface area contributed by atoms with Crippen molar-refractivity contribution in [3.63, 3.8) is 0 Å². The van der Waals surface area contributed by atoms with Crippen LogP contribution in [0.25, 0.3) is 0 Å². The molecule has 1 aliphatic rings. The number of hydrogen-bond donors (Lipinski definition) is 0. The minimum Gasteiger partial charge on any atom is -0.484 e. The third-order valence-electron chi connectivity index (χ3n) is 4.60. The Hall–Kier alpha value is -3.04. The minimum absolute atomic E-state index is 0.00170. The van der Waals surface area contributed by atoms with E-state index in [0.717, 1.165) is 25.0 Å². The quantitative estimate of drug-likeness (QED) is 0.710. The summed E-state index contributed by atoms with van der Waals surface area (Å²) in [5.74, 6) is 0.668. The van der Waals surface area contributed by atoms with Gasteiger partial charge in [0.15, 0.2) is 12.4 Å². The van der Waals surface area contributed by atoms with Crippen LogP contribution in [-0.4, -0.2) is 60.7 Å². The zero-order valence-electron chi connectivity index (χ0n) is 16.7. The average molecular weight is 424 g/mol. The molecule has 1 atom stereocenters. The highest BCUT2D eigenvalue weighted by molar-refractivity contribution is 5.78. The molecule has 1 aromatic heterocycles. The van der Waals surface area contributed by atoms with Gasteiger partial charge in [-0.3, -0.25) is 4.79 Å². The van der Waals surface area contributed by atoms with Crippen molar-refractivity contribution < 1.29 is 27.4 Å². The van der Waals surface area contributed by atoms with Gasteiger partial charge < -0.3 is 19.3 Å². The zero-order chi connectivity index (χ0) is 21.7. The standard InChI is InChI=1S/C20H23F3N4O3/c1-26(2)18-19(25-9-8-24-18)30-16-7-4-10-27(12-16)17(28)13-29-15-6-3-5-14(11-15)20(21,22)23/h3,5-6,8-9,11,16H,4,7,10,12-13H2,1-2H3. The first kappa shape index (κ1) is 21.7. The van der Waals surface area contributed by atoms with Gasteiger partial charge in [-0.25, -0.2) is 9.97 Å². The molecule has 0 N–H and O–H groups in total. The van der Waals surface area contributed by atoms with Crippen molar-refractivity contribution in [1.82, 2.24) is 14.9 Å². The number of hydrogen-bond acceptors (Lipinski definition) is 6. The van der Waals surface area contributed by atoms with Gasteiger partial charge in [0.2, 0.25) is 0 Å². The van der Waals surface area contributed by atoms with Crippen molar-refractivity contribution in [1.29, 1.82) is 0 Å². The van der Waals surface area contributed by atoms with Gasteiger partial charge in [0.1, 0.15) is 11.9 Å². The Bertz CT molecular complexity index is 876. The van der Waals surface area contributed by atoms with Gasteiger partial charge in [-0.05, 0) is 31.0 Å². The fourth-order valence-corrected chi connectivity index (χ4v) is 3.13. The lowest BCUT2D eigenvalue weighted by molar-refractivity contribution is -0.137. The summed E-state index contributed by atoms with van der Waals surface area (Å²) in [6.07, 6.45) is -0.126. The van der Waals surface area contributed by atoms with E-state index < -0.39 is 11.7 Å². The van der Waals surface area contributed by atoms with Gasteiger partial charge in [-0.15, -0.1) is 0 Å².